The van der Waals surface area contributed by atoms with Crippen molar-refractivity contribution >= 4 is 44.1 Å². The number of amides is 2. The predicted octanol–water partition coefficient (Wildman–Crippen LogP) is 5.25. The number of halogens is 1. The number of carbonyl (C=O) groups is 1. The second-order valence-corrected chi connectivity index (χ2v) is 5.57. The van der Waals surface area contributed by atoms with E-state index in [-0.39, 0.29) is 6.03 Å². The van der Waals surface area contributed by atoms with Crippen molar-refractivity contribution in [2.24, 2.45) is 0 Å². The maximum atomic E-state index is 11.9. The summed E-state index contributed by atoms with van der Waals surface area (Å²) in [5, 5.41) is 7.83. The smallest absolute Gasteiger partial charge is 0.308 e. The maximum absolute atomic E-state index is 11.9. The molecular weight excluding hydrogens is 328 g/mol. The van der Waals surface area contributed by atoms with Crippen LogP contribution < -0.4 is 10.6 Å². The minimum atomic E-state index is -0.252. The molecule has 2 amide bonds. The van der Waals surface area contributed by atoms with Crippen molar-refractivity contribution in [3.05, 3.63) is 71.2 Å². The fraction of sp³-hybridized carbons (Fsp3) is 0. The topological polar surface area (TPSA) is 41.1 Å². The molecule has 0 heterocycles. The molecule has 3 aromatic carbocycles. The number of benzene rings is 3. The van der Waals surface area contributed by atoms with Gasteiger partial charge in [0.05, 0.1) is 0 Å². The van der Waals surface area contributed by atoms with Gasteiger partial charge in [-0.2, -0.15) is 0 Å². The lowest BCUT2D eigenvalue weighted by molar-refractivity contribution is 0.262. The molecule has 21 heavy (non-hydrogen) atoms. The molecule has 3 nitrogen and oxygen atoms in total. The van der Waals surface area contributed by atoms with E-state index in [4.69, 9.17) is 0 Å². The lowest BCUT2D eigenvalue weighted by Crippen LogP contribution is -2.19. The summed E-state index contributed by atoms with van der Waals surface area (Å²) in [6, 6.07) is 21.0. The number of nitrogens with one attached hydrogen (secondary N) is 2. The van der Waals surface area contributed by atoms with Gasteiger partial charge >= 0.3 is 6.03 Å². The van der Waals surface area contributed by atoms with E-state index in [1.807, 2.05) is 66.7 Å². The molecule has 0 fully saturated rings. The van der Waals surface area contributed by atoms with Crippen molar-refractivity contribution in [3.63, 3.8) is 0 Å². The molecule has 2 N–H and O–H groups in total. The average molecular weight is 341 g/mol. The summed E-state index contributed by atoms with van der Waals surface area (Å²) < 4.78 is 1.04. The molecule has 0 unspecified atom stereocenters. The third kappa shape index (κ3) is 3.41. The Balaban J connectivity index is 1.75. The van der Waals surface area contributed by atoms with Gasteiger partial charge in [-0.15, -0.1) is 0 Å². The average Bonchev–Trinajstić information content (AvgIpc) is 2.48. The Morgan fingerprint density at radius 2 is 1.43 bits per heavy atom. The molecule has 0 aliphatic rings. The van der Waals surface area contributed by atoms with Crippen LogP contribution in [0, 0.1) is 0 Å². The van der Waals surface area contributed by atoms with Crippen molar-refractivity contribution < 1.29 is 4.79 Å². The normalized spacial score (nSPS) is 10.3. The first-order valence-electron chi connectivity index (χ1n) is 6.53. The summed E-state index contributed by atoms with van der Waals surface area (Å²) in [4.78, 5) is 11.9. The van der Waals surface area contributed by atoms with Gasteiger partial charge in [-0.05, 0) is 47.2 Å². The number of rotatable bonds is 2. The van der Waals surface area contributed by atoms with Gasteiger partial charge in [-0.1, -0.05) is 46.3 Å². The zero-order valence-corrected chi connectivity index (χ0v) is 12.7. The van der Waals surface area contributed by atoms with Crippen LogP contribution in [-0.4, -0.2) is 6.03 Å². The van der Waals surface area contributed by atoms with Crippen molar-refractivity contribution in [1.29, 1.82) is 0 Å². The number of hydrogen-bond acceptors (Lipinski definition) is 1. The zero-order valence-electron chi connectivity index (χ0n) is 11.1. The summed E-state index contributed by atoms with van der Waals surface area (Å²) >= 11 is 3.45. The van der Waals surface area contributed by atoms with Crippen LogP contribution in [0.5, 0.6) is 0 Å². The van der Waals surface area contributed by atoms with E-state index in [9.17, 15) is 4.79 Å². The number of para-hydroxylation sites is 1. The predicted molar refractivity (Wildman–Crippen MR) is 90.7 cm³/mol. The van der Waals surface area contributed by atoms with Crippen LogP contribution in [0.1, 0.15) is 0 Å². The molecule has 104 valence electrons. The second kappa shape index (κ2) is 5.97. The van der Waals surface area contributed by atoms with Crippen LogP contribution in [0.2, 0.25) is 0 Å². The summed E-state index contributed by atoms with van der Waals surface area (Å²) in [7, 11) is 0. The van der Waals surface area contributed by atoms with Crippen LogP contribution >= 0.6 is 15.9 Å². The Hall–Kier alpha value is -2.33. The van der Waals surface area contributed by atoms with E-state index in [2.05, 4.69) is 26.6 Å². The van der Waals surface area contributed by atoms with Gasteiger partial charge < -0.3 is 10.6 Å². The van der Waals surface area contributed by atoms with Crippen LogP contribution in [-0.2, 0) is 0 Å². The van der Waals surface area contributed by atoms with Gasteiger partial charge in [0.1, 0.15) is 0 Å². The Morgan fingerprint density at radius 3 is 2.24 bits per heavy atom. The minimum Gasteiger partial charge on any atom is -0.308 e. The molecule has 3 rings (SSSR count). The second-order valence-electron chi connectivity index (χ2n) is 4.65. The largest absolute Gasteiger partial charge is 0.323 e. The van der Waals surface area contributed by atoms with E-state index < -0.39 is 0 Å². The van der Waals surface area contributed by atoms with Crippen molar-refractivity contribution in [2.45, 2.75) is 0 Å². The maximum Gasteiger partial charge on any atom is 0.323 e. The molecule has 0 radical (unpaired) electrons. The Morgan fingerprint density at radius 1 is 0.762 bits per heavy atom. The molecule has 0 bridgehead atoms. The lowest BCUT2D eigenvalue weighted by Gasteiger charge is -2.08. The number of anilines is 2. The summed E-state index contributed by atoms with van der Waals surface area (Å²) in [5.41, 5.74) is 1.53. The zero-order chi connectivity index (χ0) is 14.7. The molecular formula is C17H13BrN2O. The molecule has 0 aromatic heterocycles. The van der Waals surface area contributed by atoms with Crippen LogP contribution in [0.4, 0.5) is 16.2 Å². The minimum absolute atomic E-state index is 0.252. The summed E-state index contributed by atoms with van der Waals surface area (Å²) in [6.45, 7) is 0. The monoisotopic (exact) mass is 340 g/mol. The van der Waals surface area contributed by atoms with Gasteiger partial charge in [-0.3, -0.25) is 0 Å². The highest BCUT2D eigenvalue weighted by molar-refractivity contribution is 9.10. The van der Waals surface area contributed by atoms with Crippen molar-refractivity contribution in [2.75, 3.05) is 10.6 Å². The van der Waals surface area contributed by atoms with E-state index in [1.165, 1.54) is 0 Å². The van der Waals surface area contributed by atoms with Crippen molar-refractivity contribution in [1.82, 2.24) is 0 Å². The Kier molecular flexibility index (Phi) is 3.88. The third-order valence-electron chi connectivity index (χ3n) is 3.09. The third-order valence-corrected chi connectivity index (χ3v) is 3.59. The highest BCUT2D eigenvalue weighted by Crippen LogP contribution is 2.23. The van der Waals surface area contributed by atoms with E-state index in [1.54, 1.807) is 0 Å². The highest BCUT2D eigenvalue weighted by atomic mass is 79.9. The first kappa shape index (κ1) is 13.6. The molecule has 0 spiro atoms. The Bertz CT molecular complexity index is 787. The molecule has 0 aliphatic carbocycles. The van der Waals surface area contributed by atoms with Gasteiger partial charge in [0, 0.05) is 15.8 Å². The van der Waals surface area contributed by atoms with E-state index in [0.29, 0.717) is 0 Å². The number of fused-ring (bicyclic) bond motifs is 1. The number of carbonyl (C=O) groups excluding carboxylic acids is 1. The van der Waals surface area contributed by atoms with E-state index >= 15 is 0 Å². The Labute approximate surface area is 131 Å². The van der Waals surface area contributed by atoms with Gasteiger partial charge in [-0.25, -0.2) is 4.79 Å². The number of urea groups is 1. The SMILES string of the molecule is O=C(Nc1ccccc1)Nc1ccc2cc(Br)ccc2c1. The van der Waals surface area contributed by atoms with Crippen molar-refractivity contribution in [3.8, 4) is 0 Å². The highest BCUT2D eigenvalue weighted by Gasteiger charge is 2.03. The molecule has 4 heteroatoms. The molecule has 0 saturated carbocycles. The lowest BCUT2D eigenvalue weighted by atomic mass is 10.1. The number of hydrogen-bond donors (Lipinski definition) is 2. The summed E-state index contributed by atoms with van der Waals surface area (Å²) in [5.74, 6) is 0. The van der Waals surface area contributed by atoms with Gasteiger partial charge in [0.2, 0.25) is 0 Å². The van der Waals surface area contributed by atoms with Crippen LogP contribution in [0.25, 0.3) is 10.8 Å². The van der Waals surface area contributed by atoms with E-state index in [0.717, 1.165) is 26.6 Å². The van der Waals surface area contributed by atoms with Crippen LogP contribution in [0.15, 0.2) is 71.2 Å². The molecule has 0 aliphatic heterocycles. The first-order valence-corrected chi connectivity index (χ1v) is 7.32. The molecule has 0 saturated heterocycles. The first-order chi connectivity index (χ1) is 10.2. The fourth-order valence-corrected chi connectivity index (χ4v) is 2.49. The fourth-order valence-electron chi connectivity index (χ4n) is 2.11. The standard InChI is InChI=1S/C17H13BrN2O/c18-14-8-6-13-11-16(9-7-12(13)10-14)20-17(21)19-15-4-2-1-3-5-15/h1-11H,(H2,19,20,21). The van der Waals surface area contributed by atoms with Gasteiger partial charge in [0.15, 0.2) is 0 Å². The molecule has 3 aromatic rings. The summed E-state index contributed by atoms with van der Waals surface area (Å²) in [6.07, 6.45) is 0. The van der Waals surface area contributed by atoms with Gasteiger partial charge in [0.25, 0.3) is 0 Å². The van der Waals surface area contributed by atoms with Crippen LogP contribution in [0.3, 0.4) is 0 Å². The quantitative estimate of drug-likeness (QED) is 0.657. The molecule has 0 atom stereocenters.